The third kappa shape index (κ3) is 4.15. The van der Waals surface area contributed by atoms with Gasteiger partial charge in [-0.25, -0.2) is 0 Å². The van der Waals surface area contributed by atoms with Crippen molar-refractivity contribution in [1.82, 2.24) is 10.2 Å². The number of carbonyl (C=O) groups is 2. The van der Waals surface area contributed by atoms with Crippen LogP contribution in [0.4, 0.5) is 0 Å². The summed E-state index contributed by atoms with van der Waals surface area (Å²) in [5, 5.41) is 12.0. The summed E-state index contributed by atoms with van der Waals surface area (Å²) in [6.07, 6.45) is 1.22. The molecule has 0 saturated carbocycles. The number of thiophene rings is 2. The number of hydrogen-bond donors (Lipinski definition) is 2. The molecule has 2 aromatic heterocycles. The average Bonchev–Trinajstić information content (AvgIpc) is 3.28. The van der Waals surface area contributed by atoms with Crippen molar-refractivity contribution >= 4 is 40.7 Å². The van der Waals surface area contributed by atoms with Crippen LogP contribution in [0.5, 0.6) is 0 Å². The van der Waals surface area contributed by atoms with Crippen molar-refractivity contribution in [1.29, 1.82) is 5.41 Å². The minimum absolute atomic E-state index is 0.0112. The maximum Gasteiger partial charge on any atom is 0.264 e. The molecule has 2 aromatic rings. The van der Waals surface area contributed by atoms with E-state index in [2.05, 4.69) is 5.32 Å². The Morgan fingerprint density at radius 2 is 2.28 bits per heavy atom. The lowest BCUT2D eigenvalue weighted by Gasteiger charge is -2.35. The molecule has 1 aliphatic heterocycles. The van der Waals surface area contributed by atoms with Crippen LogP contribution in [0.15, 0.2) is 23.6 Å². The van der Waals surface area contributed by atoms with E-state index in [0.29, 0.717) is 36.1 Å². The summed E-state index contributed by atoms with van der Waals surface area (Å²) in [6, 6.07) is 5.15. The van der Waals surface area contributed by atoms with Crippen molar-refractivity contribution in [3.05, 3.63) is 43.8 Å². The van der Waals surface area contributed by atoms with Gasteiger partial charge in [0.2, 0.25) is 0 Å². The van der Waals surface area contributed by atoms with Gasteiger partial charge in [0.1, 0.15) is 0 Å². The van der Waals surface area contributed by atoms with E-state index in [1.165, 1.54) is 28.9 Å². The highest BCUT2D eigenvalue weighted by atomic mass is 32.1. The molecule has 0 aromatic carbocycles. The lowest BCUT2D eigenvalue weighted by molar-refractivity contribution is -0.00102. The number of ether oxygens (including phenoxy) is 1. The highest BCUT2D eigenvalue weighted by molar-refractivity contribution is 7.15. The quantitative estimate of drug-likeness (QED) is 0.785. The molecule has 1 saturated heterocycles. The Balaban J connectivity index is 1.63. The van der Waals surface area contributed by atoms with E-state index in [1.807, 2.05) is 18.4 Å². The first kappa shape index (κ1) is 17.8. The van der Waals surface area contributed by atoms with Crippen LogP contribution in [0.3, 0.4) is 0 Å². The Labute approximate surface area is 153 Å². The molecule has 25 heavy (non-hydrogen) atoms. The molecular weight excluding hydrogens is 358 g/mol. The minimum Gasteiger partial charge on any atom is -0.377 e. The van der Waals surface area contributed by atoms with Crippen LogP contribution in [0.25, 0.3) is 0 Å². The first-order valence-corrected chi connectivity index (χ1v) is 9.60. The van der Waals surface area contributed by atoms with Crippen molar-refractivity contribution in [2.24, 2.45) is 0 Å². The van der Waals surface area contributed by atoms with Crippen molar-refractivity contribution in [3.63, 3.8) is 0 Å². The van der Waals surface area contributed by atoms with Crippen LogP contribution in [0.2, 0.25) is 0 Å². The van der Waals surface area contributed by atoms with Crippen molar-refractivity contribution < 1.29 is 14.3 Å². The molecule has 6 nitrogen and oxygen atoms in total. The summed E-state index contributed by atoms with van der Waals surface area (Å²) < 4.78 is 5.49. The number of rotatable bonds is 5. The molecule has 1 unspecified atom stereocenters. The molecule has 8 heteroatoms. The largest absolute Gasteiger partial charge is 0.377 e. The highest BCUT2D eigenvalue weighted by Crippen LogP contribution is 2.19. The second-order valence-corrected chi connectivity index (χ2v) is 7.80. The number of hydrogen-bond acceptors (Lipinski definition) is 6. The second-order valence-electron chi connectivity index (χ2n) is 5.77. The van der Waals surface area contributed by atoms with Crippen molar-refractivity contribution in [2.75, 3.05) is 26.3 Å². The minimum atomic E-state index is -0.192. The summed E-state index contributed by atoms with van der Waals surface area (Å²) in [4.78, 5) is 28.8. The Morgan fingerprint density at radius 3 is 2.96 bits per heavy atom. The zero-order valence-electron chi connectivity index (χ0n) is 13.8. The standard InChI is InChI=1S/C17H19N3O3S2/c1-11-6-15(24-10-11)17(22)20-4-5-23-9-12(20)8-19-16(21)14-3-2-13(7-18)25-14/h2-3,6-7,10,12,18H,4-5,8-9H2,1H3,(H,19,21). The molecule has 2 N–H and O–H groups in total. The average molecular weight is 377 g/mol. The van der Waals surface area contributed by atoms with Crippen LogP contribution < -0.4 is 5.32 Å². The Morgan fingerprint density at radius 1 is 1.44 bits per heavy atom. The normalized spacial score (nSPS) is 17.3. The molecule has 0 aliphatic carbocycles. The zero-order chi connectivity index (χ0) is 17.8. The van der Waals surface area contributed by atoms with Gasteiger partial charge in [0, 0.05) is 24.2 Å². The van der Waals surface area contributed by atoms with E-state index in [1.54, 1.807) is 17.0 Å². The van der Waals surface area contributed by atoms with Gasteiger partial charge in [-0.05, 0) is 36.1 Å². The molecule has 0 radical (unpaired) electrons. The van der Waals surface area contributed by atoms with Gasteiger partial charge in [-0.1, -0.05) is 0 Å². The number of nitrogens with zero attached hydrogens (tertiary/aromatic N) is 1. The summed E-state index contributed by atoms with van der Waals surface area (Å²) >= 11 is 2.71. The van der Waals surface area contributed by atoms with Gasteiger partial charge < -0.3 is 20.4 Å². The number of aryl methyl sites for hydroxylation is 1. The topological polar surface area (TPSA) is 82.5 Å². The second kappa shape index (κ2) is 7.90. The highest BCUT2D eigenvalue weighted by Gasteiger charge is 2.29. The predicted molar refractivity (Wildman–Crippen MR) is 99.2 cm³/mol. The summed E-state index contributed by atoms with van der Waals surface area (Å²) in [5.74, 6) is -0.203. The fourth-order valence-electron chi connectivity index (χ4n) is 2.63. The van der Waals surface area contributed by atoms with Gasteiger partial charge in [-0.3, -0.25) is 9.59 Å². The maximum absolute atomic E-state index is 12.7. The maximum atomic E-state index is 12.7. The van der Waals surface area contributed by atoms with Gasteiger partial charge in [0.15, 0.2) is 0 Å². The third-order valence-electron chi connectivity index (χ3n) is 3.92. The van der Waals surface area contributed by atoms with Crippen molar-refractivity contribution in [3.8, 4) is 0 Å². The third-order valence-corrected chi connectivity index (χ3v) is 5.99. The van der Waals surface area contributed by atoms with Crippen LogP contribution in [-0.4, -0.2) is 55.3 Å². The van der Waals surface area contributed by atoms with E-state index in [4.69, 9.17) is 10.1 Å². The number of nitrogens with one attached hydrogen (secondary N) is 2. The van der Waals surface area contributed by atoms with Crippen LogP contribution in [0, 0.1) is 12.3 Å². The molecule has 132 valence electrons. The van der Waals surface area contributed by atoms with Gasteiger partial charge in [0.25, 0.3) is 11.8 Å². The first-order valence-electron chi connectivity index (χ1n) is 7.91. The zero-order valence-corrected chi connectivity index (χ0v) is 15.4. The summed E-state index contributed by atoms with van der Waals surface area (Å²) in [5.41, 5.74) is 1.08. The smallest absolute Gasteiger partial charge is 0.264 e. The van der Waals surface area contributed by atoms with E-state index in [-0.39, 0.29) is 17.9 Å². The van der Waals surface area contributed by atoms with E-state index in [0.717, 1.165) is 10.4 Å². The van der Waals surface area contributed by atoms with Gasteiger partial charge >= 0.3 is 0 Å². The van der Waals surface area contributed by atoms with E-state index in [9.17, 15) is 9.59 Å². The summed E-state index contributed by atoms with van der Waals surface area (Å²) in [7, 11) is 0. The number of carbonyl (C=O) groups excluding carboxylic acids is 2. The Hall–Kier alpha value is -2.03. The molecule has 2 amide bonds. The molecule has 0 spiro atoms. The lowest BCUT2D eigenvalue weighted by atomic mass is 10.2. The SMILES string of the molecule is Cc1csc(C(=O)N2CCOCC2CNC(=O)c2ccc(C=N)s2)c1. The van der Waals surface area contributed by atoms with E-state index < -0.39 is 0 Å². The fraction of sp³-hybridized carbons (Fsp3) is 0.353. The first-order chi connectivity index (χ1) is 12.1. The molecule has 1 atom stereocenters. The lowest BCUT2D eigenvalue weighted by Crippen LogP contribution is -2.53. The van der Waals surface area contributed by atoms with Crippen molar-refractivity contribution in [2.45, 2.75) is 13.0 Å². The molecule has 3 heterocycles. The van der Waals surface area contributed by atoms with Crippen LogP contribution >= 0.6 is 22.7 Å². The van der Waals surface area contributed by atoms with E-state index >= 15 is 0 Å². The molecule has 1 fully saturated rings. The molecular formula is C17H19N3O3S2. The van der Waals surface area contributed by atoms with Crippen LogP contribution in [0.1, 0.15) is 29.8 Å². The van der Waals surface area contributed by atoms with Gasteiger partial charge in [-0.15, -0.1) is 22.7 Å². The molecule has 1 aliphatic rings. The van der Waals surface area contributed by atoms with Gasteiger partial charge in [0.05, 0.1) is 29.0 Å². The molecule has 0 bridgehead atoms. The Bertz CT molecular complexity index is 784. The number of morpholine rings is 1. The van der Waals surface area contributed by atoms with Gasteiger partial charge in [-0.2, -0.15) is 0 Å². The predicted octanol–water partition coefficient (Wildman–Crippen LogP) is 2.39. The number of amides is 2. The summed E-state index contributed by atoms with van der Waals surface area (Å²) in [6.45, 7) is 3.74. The Kier molecular flexibility index (Phi) is 5.62. The fourth-order valence-corrected chi connectivity index (χ4v) is 4.23. The monoisotopic (exact) mass is 377 g/mol. The molecule has 3 rings (SSSR count). The van der Waals surface area contributed by atoms with Crippen LogP contribution in [-0.2, 0) is 4.74 Å².